The molecular formula is C19H19N3O5S. The zero-order valence-electron chi connectivity index (χ0n) is 15.3. The van der Waals surface area contributed by atoms with Gasteiger partial charge >= 0.3 is 5.97 Å². The fourth-order valence-corrected chi connectivity index (χ4v) is 4.18. The lowest BCUT2D eigenvalue weighted by atomic mass is 10.1. The number of H-pyrrole nitrogens is 1. The van der Waals surface area contributed by atoms with Crippen molar-refractivity contribution in [2.45, 2.75) is 6.92 Å². The highest BCUT2D eigenvalue weighted by molar-refractivity contribution is 7.09. The molecule has 9 heteroatoms. The topological polar surface area (TPSA) is 95.8 Å². The number of rotatable bonds is 4. The van der Waals surface area contributed by atoms with E-state index in [-0.39, 0.29) is 18.1 Å². The Balaban J connectivity index is 1.65. The molecule has 0 unspecified atom stereocenters. The van der Waals surface area contributed by atoms with Crippen molar-refractivity contribution >= 4 is 39.8 Å². The van der Waals surface area contributed by atoms with Gasteiger partial charge in [0.2, 0.25) is 0 Å². The zero-order chi connectivity index (χ0) is 19.7. The summed E-state index contributed by atoms with van der Waals surface area (Å²) in [7, 11) is 0. The van der Waals surface area contributed by atoms with Crippen molar-refractivity contribution in [3.05, 3.63) is 50.8 Å². The third-order valence-corrected chi connectivity index (χ3v) is 5.47. The van der Waals surface area contributed by atoms with E-state index >= 15 is 0 Å². The van der Waals surface area contributed by atoms with Crippen LogP contribution in [0.5, 0.6) is 0 Å². The molecule has 1 aliphatic rings. The lowest BCUT2D eigenvalue weighted by Crippen LogP contribution is -2.49. The summed E-state index contributed by atoms with van der Waals surface area (Å²) < 4.78 is 10.3. The van der Waals surface area contributed by atoms with Gasteiger partial charge in [0, 0.05) is 42.3 Å². The highest BCUT2D eigenvalue weighted by Gasteiger charge is 2.29. The molecule has 28 heavy (non-hydrogen) atoms. The molecule has 0 radical (unpaired) electrons. The van der Waals surface area contributed by atoms with E-state index in [1.54, 1.807) is 24.0 Å². The smallest absolute Gasteiger partial charge is 0.345 e. The van der Waals surface area contributed by atoms with Crippen molar-refractivity contribution in [2.24, 2.45) is 0 Å². The average molecular weight is 401 g/mol. The molecule has 1 fully saturated rings. The van der Waals surface area contributed by atoms with Gasteiger partial charge < -0.3 is 23.9 Å². The van der Waals surface area contributed by atoms with Crippen molar-refractivity contribution in [1.29, 1.82) is 0 Å². The van der Waals surface area contributed by atoms with Crippen LogP contribution in [0.1, 0.15) is 27.8 Å². The van der Waals surface area contributed by atoms with Gasteiger partial charge in [-0.15, -0.1) is 11.3 Å². The summed E-state index contributed by atoms with van der Waals surface area (Å²) in [6.45, 7) is 3.79. The molecule has 1 N–H and O–H groups in total. The Kier molecular flexibility index (Phi) is 4.91. The van der Waals surface area contributed by atoms with E-state index in [2.05, 4.69) is 4.98 Å². The average Bonchev–Trinajstić information content (AvgIpc) is 3.38. The molecule has 0 atom stereocenters. The maximum atomic E-state index is 12.6. The monoisotopic (exact) mass is 401 g/mol. The molecule has 0 aliphatic carbocycles. The van der Waals surface area contributed by atoms with E-state index in [1.165, 1.54) is 17.6 Å². The number of aromatic amines is 1. The Morgan fingerprint density at radius 2 is 2.04 bits per heavy atom. The SMILES string of the molecule is CCOC(=O)c1c(N2CCN(C(=O)c3ccco3)CC2)c2cscc2[nH]c1=O. The van der Waals surface area contributed by atoms with Crippen molar-refractivity contribution in [3.63, 3.8) is 0 Å². The molecular weight excluding hydrogens is 382 g/mol. The summed E-state index contributed by atoms with van der Waals surface area (Å²) in [6.07, 6.45) is 1.47. The number of fused-ring (bicyclic) bond motifs is 1. The molecule has 0 bridgehead atoms. The summed E-state index contributed by atoms with van der Waals surface area (Å²) in [5.74, 6) is -0.500. The van der Waals surface area contributed by atoms with Gasteiger partial charge in [0.05, 0.1) is 24.1 Å². The second-order valence-corrected chi connectivity index (χ2v) is 7.10. The highest BCUT2D eigenvalue weighted by Crippen LogP contribution is 2.31. The van der Waals surface area contributed by atoms with Crippen LogP contribution in [-0.4, -0.2) is 54.5 Å². The number of hydrogen-bond donors (Lipinski definition) is 1. The summed E-state index contributed by atoms with van der Waals surface area (Å²) >= 11 is 1.45. The predicted octanol–water partition coefficient (Wildman–Crippen LogP) is 2.32. The van der Waals surface area contributed by atoms with Crippen molar-refractivity contribution in [2.75, 3.05) is 37.7 Å². The largest absolute Gasteiger partial charge is 0.462 e. The first-order chi connectivity index (χ1) is 13.6. The number of amides is 1. The summed E-state index contributed by atoms with van der Waals surface area (Å²) in [4.78, 5) is 44.0. The molecule has 1 aliphatic heterocycles. The van der Waals surface area contributed by atoms with Gasteiger partial charge in [-0.05, 0) is 19.1 Å². The molecule has 8 nitrogen and oxygen atoms in total. The zero-order valence-corrected chi connectivity index (χ0v) is 16.1. The van der Waals surface area contributed by atoms with Crippen LogP contribution in [0.25, 0.3) is 10.9 Å². The standard InChI is InChI=1S/C19H19N3O5S/c1-2-26-19(25)15-16(12-10-28-11-13(12)20-17(15)23)21-5-7-22(8-6-21)18(24)14-4-3-9-27-14/h3-4,9-11H,2,5-8H2,1H3,(H,20,23). The number of nitrogens with zero attached hydrogens (tertiary/aromatic N) is 2. The number of anilines is 1. The third kappa shape index (κ3) is 3.18. The van der Waals surface area contributed by atoms with E-state index in [0.29, 0.717) is 43.1 Å². The molecule has 4 heterocycles. The van der Waals surface area contributed by atoms with Gasteiger partial charge in [-0.1, -0.05) is 0 Å². The minimum atomic E-state index is -0.638. The lowest BCUT2D eigenvalue weighted by molar-refractivity contribution is 0.0524. The molecule has 0 saturated carbocycles. The van der Waals surface area contributed by atoms with Gasteiger partial charge in [0.1, 0.15) is 5.56 Å². The molecule has 1 saturated heterocycles. The number of ether oxygens (including phenoxy) is 1. The van der Waals surface area contributed by atoms with Crippen LogP contribution in [0.3, 0.4) is 0 Å². The summed E-state index contributed by atoms with van der Waals surface area (Å²) in [6, 6.07) is 3.32. The number of thiophene rings is 1. The van der Waals surface area contributed by atoms with Crippen LogP contribution in [0.2, 0.25) is 0 Å². The minimum Gasteiger partial charge on any atom is -0.462 e. The Labute approximate surface area is 164 Å². The van der Waals surface area contributed by atoms with Gasteiger partial charge in [-0.3, -0.25) is 9.59 Å². The summed E-state index contributed by atoms with van der Waals surface area (Å²) in [5.41, 5.74) is 0.808. The Hall–Kier alpha value is -3.07. The Bertz CT molecular complexity index is 1060. The number of aromatic nitrogens is 1. The number of pyridine rings is 1. The second-order valence-electron chi connectivity index (χ2n) is 6.35. The number of esters is 1. The first-order valence-corrected chi connectivity index (χ1v) is 9.91. The van der Waals surface area contributed by atoms with Gasteiger partial charge in [0.15, 0.2) is 5.76 Å². The van der Waals surface area contributed by atoms with Crippen LogP contribution in [0.15, 0.2) is 38.4 Å². The normalized spacial score (nSPS) is 14.5. The molecule has 3 aromatic heterocycles. The van der Waals surface area contributed by atoms with Crippen LogP contribution in [-0.2, 0) is 4.74 Å². The Morgan fingerprint density at radius 3 is 2.71 bits per heavy atom. The number of carbonyl (C=O) groups is 2. The van der Waals surface area contributed by atoms with Crippen molar-refractivity contribution < 1.29 is 18.7 Å². The van der Waals surface area contributed by atoms with Crippen LogP contribution in [0.4, 0.5) is 5.69 Å². The number of carbonyl (C=O) groups excluding carboxylic acids is 2. The van der Waals surface area contributed by atoms with E-state index in [9.17, 15) is 14.4 Å². The molecule has 4 rings (SSSR count). The van der Waals surface area contributed by atoms with Crippen LogP contribution in [0, 0.1) is 0 Å². The molecule has 3 aromatic rings. The van der Waals surface area contributed by atoms with Crippen LogP contribution >= 0.6 is 11.3 Å². The molecule has 0 aromatic carbocycles. The van der Waals surface area contributed by atoms with E-state index in [0.717, 1.165) is 5.39 Å². The fraction of sp³-hybridized carbons (Fsp3) is 0.316. The third-order valence-electron chi connectivity index (χ3n) is 4.72. The quantitative estimate of drug-likeness (QED) is 0.674. The van der Waals surface area contributed by atoms with Gasteiger partial charge in [-0.2, -0.15) is 0 Å². The first-order valence-electron chi connectivity index (χ1n) is 8.97. The maximum Gasteiger partial charge on any atom is 0.345 e. The number of furan rings is 1. The second kappa shape index (κ2) is 7.51. The number of piperazine rings is 1. The van der Waals surface area contributed by atoms with Crippen LogP contribution < -0.4 is 10.5 Å². The number of nitrogens with one attached hydrogen (secondary N) is 1. The molecule has 1 amide bonds. The fourth-order valence-electron chi connectivity index (χ4n) is 3.41. The van der Waals surface area contributed by atoms with Crippen molar-refractivity contribution in [3.8, 4) is 0 Å². The predicted molar refractivity (Wildman–Crippen MR) is 105 cm³/mol. The minimum absolute atomic E-state index is 0.0126. The maximum absolute atomic E-state index is 12.6. The lowest BCUT2D eigenvalue weighted by Gasteiger charge is -2.36. The Morgan fingerprint density at radius 1 is 1.25 bits per heavy atom. The van der Waals surface area contributed by atoms with E-state index in [1.807, 2.05) is 15.7 Å². The van der Waals surface area contributed by atoms with E-state index in [4.69, 9.17) is 9.15 Å². The van der Waals surface area contributed by atoms with Crippen molar-refractivity contribution in [1.82, 2.24) is 9.88 Å². The molecule has 0 spiro atoms. The highest BCUT2D eigenvalue weighted by atomic mass is 32.1. The molecule has 146 valence electrons. The first kappa shape index (κ1) is 18.3. The number of hydrogen-bond acceptors (Lipinski definition) is 7. The van der Waals surface area contributed by atoms with E-state index < -0.39 is 11.5 Å². The van der Waals surface area contributed by atoms with Gasteiger partial charge in [0.25, 0.3) is 11.5 Å². The summed E-state index contributed by atoms with van der Waals surface area (Å²) in [5, 5.41) is 4.55. The van der Waals surface area contributed by atoms with Gasteiger partial charge in [-0.25, -0.2) is 4.79 Å².